The first kappa shape index (κ1) is 21.8. The zero-order chi connectivity index (χ0) is 21.0. The van der Waals surface area contributed by atoms with Gasteiger partial charge in [0.15, 0.2) is 6.61 Å². The van der Waals surface area contributed by atoms with Crippen molar-refractivity contribution in [3.05, 3.63) is 29.8 Å². The normalized spacial score (nSPS) is 23.6. The van der Waals surface area contributed by atoms with Crippen LogP contribution >= 0.6 is 0 Å². The Morgan fingerprint density at radius 1 is 1.07 bits per heavy atom. The second-order valence-corrected chi connectivity index (χ2v) is 10.3. The highest BCUT2D eigenvalue weighted by molar-refractivity contribution is 7.89. The Morgan fingerprint density at radius 3 is 2.38 bits per heavy atom. The molecule has 29 heavy (non-hydrogen) atoms. The van der Waals surface area contributed by atoms with Gasteiger partial charge < -0.3 is 9.64 Å². The minimum atomic E-state index is -3.63. The van der Waals surface area contributed by atoms with Gasteiger partial charge in [-0.05, 0) is 49.3 Å². The van der Waals surface area contributed by atoms with Crippen LogP contribution < -0.4 is 0 Å². The van der Waals surface area contributed by atoms with Crippen molar-refractivity contribution in [2.45, 2.75) is 44.4 Å². The van der Waals surface area contributed by atoms with Gasteiger partial charge >= 0.3 is 5.97 Å². The van der Waals surface area contributed by atoms with Crippen LogP contribution in [0.15, 0.2) is 29.2 Å². The van der Waals surface area contributed by atoms with Gasteiger partial charge in [0.2, 0.25) is 10.0 Å². The van der Waals surface area contributed by atoms with Crippen molar-refractivity contribution in [2.24, 2.45) is 11.8 Å². The van der Waals surface area contributed by atoms with Crippen molar-refractivity contribution in [2.75, 3.05) is 32.8 Å². The zero-order valence-corrected chi connectivity index (χ0v) is 18.0. The lowest BCUT2D eigenvalue weighted by Crippen LogP contribution is -2.44. The molecule has 0 radical (unpaired) electrons. The standard InChI is InChI=1S/C21H30N2O5S/c1-16-11-17(2)14-22(13-16)20(24)15-28-21(25)18-7-6-8-19(12-18)29(26,27)23-9-4-3-5-10-23/h6-8,12,16-17H,3-5,9-11,13-15H2,1-2H3. The summed E-state index contributed by atoms with van der Waals surface area (Å²) in [4.78, 5) is 26.6. The molecule has 0 saturated carbocycles. The molecule has 0 N–H and O–H groups in total. The molecule has 1 amide bonds. The molecule has 2 saturated heterocycles. The van der Waals surface area contributed by atoms with Crippen molar-refractivity contribution < 1.29 is 22.7 Å². The Labute approximate surface area is 173 Å². The molecule has 0 aliphatic carbocycles. The van der Waals surface area contributed by atoms with Crippen LogP contribution in [0.3, 0.4) is 0 Å². The average molecular weight is 423 g/mol. The summed E-state index contributed by atoms with van der Waals surface area (Å²) in [6.45, 7) is 6.22. The van der Waals surface area contributed by atoms with Gasteiger partial charge in [0, 0.05) is 26.2 Å². The quantitative estimate of drug-likeness (QED) is 0.681. The molecule has 1 aromatic carbocycles. The zero-order valence-electron chi connectivity index (χ0n) is 17.2. The van der Waals surface area contributed by atoms with Crippen LogP contribution in [0.2, 0.25) is 0 Å². The first-order chi connectivity index (χ1) is 13.8. The summed E-state index contributed by atoms with van der Waals surface area (Å²) in [5.41, 5.74) is 0.135. The van der Waals surface area contributed by atoms with Gasteiger partial charge in [-0.3, -0.25) is 4.79 Å². The van der Waals surface area contributed by atoms with Crippen LogP contribution in [0, 0.1) is 11.8 Å². The van der Waals surface area contributed by atoms with E-state index in [-0.39, 0.29) is 23.0 Å². The monoisotopic (exact) mass is 422 g/mol. The van der Waals surface area contributed by atoms with Gasteiger partial charge in [0.05, 0.1) is 10.5 Å². The number of benzene rings is 1. The summed E-state index contributed by atoms with van der Waals surface area (Å²) in [5, 5.41) is 0. The van der Waals surface area contributed by atoms with Crippen LogP contribution in [0.4, 0.5) is 0 Å². The highest BCUT2D eigenvalue weighted by Gasteiger charge is 2.28. The molecule has 7 nitrogen and oxygen atoms in total. The molecule has 2 unspecified atom stereocenters. The van der Waals surface area contributed by atoms with E-state index in [0.29, 0.717) is 38.0 Å². The van der Waals surface area contributed by atoms with Crippen LogP contribution in [0.1, 0.15) is 49.9 Å². The fraction of sp³-hybridized carbons (Fsp3) is 0.619. The van der Waals surface area contributed by atoms with Gasteiger partial charge in [0.1, 0.15) is 0 Å². The lowest BCUT2D eigenvalue weighted by molar-refractivity contribution is -0.137. The lowest BCUT2D eigenvalue weighted by Gasteiger charge is -2.34. The Hall–Kier alpha value is -1.93. The summed E-state index contributed by atoms with van der Waals surface area (Å²) in [7, 11) is -3.63. The highest BCUT2D eigenvalue weighted by atomic mass is 32.2. The van der Waals surface area contributed by atoms with Crippen molar-refractivity contribution in [3.63, 3.8) is 0 Å². The van der Waals surface area contributed by atoms with Gasteiger partial charge in [-0.25, -0.2) is 13.2 Å². The maximum absolute atomic E-state index is 12.8. The highest BCUT2D eigenvalue weighted by Crippen LogP contribution is 2.22. The third-order valence-corrected chi connectivity index (χ3v) is 7.47. The number of esters is 1. The number of amides is 1. The SMILES string of the molecule is CC1CC(C)CN(C(=O)COC(=O)c2cccc(S(=O)(=O)N3CCCCC3)c2)C1. The average Bonchev–Trinajstić information content (AvgIpc) is 2.71. The molecule has 2 fully saturated rings. The molecule has 1 aromatic rings. The molecule has 2 atom stereocenters. The maximum atomic E-state index is 12.8. The summed E-state index contributed by atoms with van der Waals surface area (Å²) < 4.78 is 32.3. The smallest absolute Gasteiger partial charge is 0.338 e. The first-order valence-corrected chi connectivity index (χ1v) is 11.8. The molecule has 0 aromatic heterocycles. The lowest BCUT2D eigenvalue weighted by atomic mass is 9.92. The molecule has 160 valence electrons. The van der Waals surface area contributed by atoms with Crippen LogP contribution in [0.5, 0.6) is 0 Å². The number of rotatable bonds is 5. The van der Waals surface area contributed by atoms with Gasteiger partial charge in [-0.2, -0.15) is 4.31 Å². The third-order valence-electron chi connectivity index (χ3n) is 5.57. The van der Waals surface area contributed by atoms with E-state index in [1.165, 1.54) is 28.6 Å². The largest absolute Gasteiger partial charge is 0.452 e. The Bertz CT molecular complexity index is 838. The van der Waals surface area contributed by atoms with Crippen molar-refractivity contribution in [1.82, 2.24) is 9.21 Å². The predicted octanol–water partition coefficient (Wildman–Crippen LogP) is 2.52. The van der Waals surface area contributed by atoms with E-state index < -0.39 is 16.0 Å². The van der Waals surface area contributed by atoms with E-state index in [1.807, 2.05) is 0 Å². The minimum absolute atomic E-state index is 0.0823. The summed E-state index contributed by atoms with van der Waals surface area (Å²) in [6.07, 6.45) is 3.80. The second-order valence-electron chi connectivity index (χ2n) is 8.31. The number of carbonyl (C=O) groups is 2. The Kier molecular flexibility index (Phi) is 6.95. The van der Waals surface area contributed by atoms with E-state index in [2.05, 4.69) is 13.8 Å². The Morgan fingerprint density at radius 2 is 1.72 bits per heavy atom. The number of nitrogens with zero attached hydrogens (tertiary/aromatic N) is 2. The van der Waals surface area contributed by atoms with Crippen LogP contribution in [-0.2, 0) is 19.6 Å². The van der Waals surface area contributed by atoms with Gasteiger partial charge in [0.25, 0.3) is 5.91 Å². The number of hydrogen-bond donors (Lipinski definition) is 0. The van der Waals surface area contributed by atoms with E-state index >= 15 is 0 Å². The van der Waals surface area contributed by atoms with Crippen molar-refractivity contribution in [3.8, 4) is 0 Å². The van der Waals surface area contributed by atoms with Gasteiger partial charge in [-0.15, -0.1) is 0 Å². The molecule has 3 rings (SSSR count). The maximum Gasteiger partial charge on any atom is 0.338 e. The molecule has 8 heteroatoms. The van der Waals surface area contributed by atoms with Crippen LogP contribution in [0.25, 0.3) is 0 Å². The number of likely N-dealkylation sites (tertiary alicyclic amines) is 1. The van der Waals surface area contributed by atoms with Crippen molar-refractivity contribution >= 4 is 21.9 Å². The fourth-order valence-electron chi connectivity index (χ4n) is 4.21. The molecule has 2 heterocycles. The van der Waals surface area contributed by atoms with E-state index in [0.717, 1.165) is 25.7 Å². The minimum Gasteiger partial charge on any atom is -0.452 e. The van der Waals surface area contributed by atoms with Crippen molar-refractivity contribution in [1.29, 1.82) is 0 Å². The Balaban J connectivity index is 1.63. The number of carbonyl (C=O) groups excluding carboxylic acids is 2. The molecule has 0 bridgehead atoms. The third kappa shape index (κ3) is 5.36. The summed E-state index contributed by atoms with van der Waals surface area (Å²) >= 11 is 0. The number of ether oxygens (including phenoxy) is 1. The second kappa shape index (κ2) is 9.26. The topological polar surface area (TPSA) is 84.0 Å². The molecule has 2 aliphatic heterocycles. The van der Waals surface area contributed by atoms with E-state index in [9.17, 15) is 18.0 Å². The van der Waals surface area contributed by atoms with E-state index in [1.54, 1.807) is 4.90 Å². The molecule has 0 spiro atoms. The fourth-order valence-corrected chi connectivity index (χ4v) is 5.77. The molecule has 2 aliphatic rings. The number of hydrogen-bond acceptors (Lipinski definition) is 5. The molecular weight excluding hydrogens is 392 g/mol. The summed E-state index contributed by atoms with van der Waals surface area (Å²) in [5.74, 6) is -0.0499. The van der Waals surface area contributed by atoms with Crippen LogP contribution in [-0.4, -0.2) is 62.3 Å². The van der Waals surface area contributed by atoms with E-state index in [4.69, 9.17) is 4.74 Å². The first-order valence-electron chi connectivity index (χ1n) is 10.3. The summed E-state index contributed by atoms with van der Waals surface area (Å²) in [6, 6.07) is 5.86. The molecular formula is C21H30N2O5S. The number of sulfonamides is 1. The number of piperidine rings is 2. The predicted molar refractivity (Wildman–Crippen MR) is 109 cm³/mol. The van der Waals surface area contributed by atoms with Gasteiger partial charge in [-0.1, -0.05) is 26.3 Å².